The number of carbonyl (C=O) groups is 1. The van der Waals surface area contributed by atoms with Gasteiger partial charge in [-0.05, 0) is 36.4 Å². The van der Waals surface area contributed by atoms with Crippen LogP contribution in [0.3, 0.4) is 0 Å². The predicted molar refractivity (Wildman–Crippen MR) is 82.7 cm³/mol. The maximum atomic E-state index is 12.2. The Kier molecular flexibility index (Phi) is 4.64. The van der Waals surface area contributed by atoms with Gasteiger partial charge in [-0.1, -0.05) is 28.1 Å². The van der Waals surface area contributed by atoms with Crippen molar-refractivity contribution < 1.29 is 17.4 Å². The molecule has 0 aliphatic heterocycles. The number of carbonyl (C=O) groups excluding carboxylic acids is 1. The smallest absolute Gasteiger partial charge is 0.339 e. The second kappa shape index (κ2) is 6.28. The van der Waals surface area contributed by atoms with E-state index in [1.807, 2.05) is 0 Å². The van der Waals surface area contributed by atoms with E-state index in [0.29, 0.717) is 5.69 Å². The van der Waals surface area contributed by atoms with Gasteiger partial charge in [0, 0.05) is 11.4 Å². The Morgan fingerprint density at radius 3 is 2.33 bits per heavy atom. The van der Waals surface area contributed by atoms with Crippen LogP contribution in [0.1, 0.15) is 6.92 Å². The van der Waals surface area contributed by atoms with Crippen molar-refractivity contribution in [2.24, 2.45) is 0 Å². The Hall–Kier alpha value is -1.86. The second-order valence-electron chi connectivity index (χ2n) is 4.17. The van der Waals surface area contributed by atoms with E-state index in [-0.39, 0.29) is 16.6 Å². The molecule has 7 heteroatoms. The average Bonchev–Trinajstić information content (AvgIpc) is 2.40. The molecule has 2 rings (SSSR count). The van der Waals surface area contributed by atoms with Gasteiger partial charge in [0.2, 0.25) is 5.91 Å². The van der Waals surface area contributed by atoms with Gasteiger partial charge in [0.1, 0.15) is 4.90 Å². The molecule has 1 amide bonds. The minimum absolute atomic E-state index is 0.0309. The summed E-state index contributed by atoms with van der Waals surface area (Å²) in [5.41, 5.74) is 0.297. The highest BCUT2D eigenvalue weighted by atomic mass is 79.9. The number of amides is 1. The van der Waals surface area contributed by atoms with E-state index in [1.165, 1.54) is 25.1 Å². The van der Waals surface area contributed by atoms with Crippen molar-refractivity contribution in [1.29, 1.82) is 0 Å². The third-order valence-corrected chi connectivity index (χ3v) is 4.28. The third kappa shape index (κ3) is 4.05. The molecule has 0 bridgehead atoms. The quantitative estimate of drug-likeness (QED) is 0.840. The zero-order chi connectivity index (χ0) is 15.5. The minimum Gasteiger partial charge on any atom is -0.377 e. The Labute approximate surface area is 131 Å². The first-order valence-corrected chi connectivity index (χ1v) is 8.15. The van der Waals surface area contributed by atoms with Crippen molar-refractivity contribution in [3.05, 3.63) is 53.0 Å². The number of hydrogen-bond acceptors (Lipinski definition) is 4. The van der Waals surface area contributed by atoms with Gasteiger partial charge in [0.15, 0.2) is 5.75 Å². The summed E-state index contributed by atoms with van der Waals surface area (Å²) in [5.74, 6) is -0.247. The van der Waals surface area contributed by atoms with Crippen LogP contribution in [0.5, 0.6) is 5.75 Å². The van der Waals surface area contributed by atoms with Crippen molar-refractivity contribution in [3.8, 4) is 5.75 Å². The number of hydrogen-bond donors (Lipinski definition) is 1. The van der Waals surface area contributed by atoms with Crippen LogP contribution >= 0.6 is 15.9 Å². The predicted octanol–water partition coefficient (Wildman–Crippen LogP) is 3.18. The summed E-state index contributed by atoms with van der Waals surface area (Å²) < 4.78 is 30.3. The van der Waals surface area contributed by atoms with E-state index in [9.17, 15) is 13.2 Å². The molecule has 0 heterocycles. The highest BCUT2D eigenvalue weighted by molar-refractivity contribution is 9.10. The molecule has 0 radical (unpaired) electrons. The molecule has 2 aromatic carbocycles. The lowest BCUT2D eigenvalue weighted by atomic mass is 10.3. The Balaban J connectivity index is 2.33. The largest absolute Gasteiger partial charge is 0.377 e. The van der Waals surface area contributed by atoms with Crippen LogP contribution in [0, 0.1) is 0 Å². The maximum absolute atomic E-state index is 12.2. The van der Waals surface area contributed by atoms with Gasteiger partial charge in [-0.25, -0.2) is 0 Å². The van der Waals surface area contributed by atoms with Gasteiger partial charge < -0.3 is 9.50 Å². The van der Waals surface area contributed by atoms with Gasteiger partial charge in [-0.3, -0.25) is 4.79 Å². The van der Waals surface area contributed by atoms with Crippen LogP contribution in [0.4, 0.5) is 5.69 Å². The first kappa shape index (κ1) is 15.5. The van der Waals surface area contributed by atoms with Crippen LogP contribution in [0.15, 0.2) is 57.9 Å². The number of rotatable bonds is 4. The van der Waals surface area contributed by atoms with Gasteiger partial charge in [-0.2, -0.15) is 8.42 Å². The lowest BCUT2D eigenvalue weighted by Gasteiger charge is -2.11. The van der Waals surface area contributed by atoms with Gasteiger partial charge in [-0.15, -0.1) is 0 Å². The summed E-state index contributed by atoms with van der Waals surface area (Å²) >= 11 is 3.23. The molecule has 0 saturated heterocycles. The van der Waals surface area contributed by atoms with Crippen molar-refractivity contribution in [1.82, 2.24) is 0 Å². The van der Waals surface area contributed by atoms with Gasteiger partial charge in [0.05, 0.1) is 5.69 Å². The molecule has 0 aliphatic carbocycles. The SMILES string of the molecule is CC(=O)Nc1ccccc1OS(=O)(=O)c1ccc(Br)cc1. The molecule has 0 spiro atoms. The van der Waals surface area contributed by atoms with Crippen LogP contribution in [0.2, 0.25) is 0 Å². The fraction of sp³-hybridized carbons (Fsp3) is 0.0714. The molecule has 110 valence electrons. The molecular formula is C14H12BrNO4S. The zero-order valence-electron chi connectivity index (χ0n) is 11.0. The maximum Gasteiger partial charge on any atom is 0.339 e. The van der Waals surface area contributed by atoms with E-state index in [0.717, 1.165) is 4.47 Å². The number of anilines is 1. The number of halogens is 1. The topological polar surface area (TPSA) is 72.5 Å². The van der Waals surface area contributed by atoms with Gasteiger partial charge in [0.25, 0.3) is 0 Å². The van der Waals surface area contributed by atoms with E-state index < -0.39 is 10.1 Å². The van der Waals surface area contributed by atoms with E-state index in [1.54, 1.807) is 30.3 Å². The second-order valence-corrected chi connectivity index (χ2v) is 6.63. The minimum atomic E-state index is -3.96. The van der Waals surface area contributed by atoms with Gasteiger partial charge >= 0.3 is 10.1 Å². The zero-order valence-corrected chi connectivity index (χ0v) is 13.4. The number of para-hydroxylation sites is 2. The molecule has 0 unspecified atom stereocenters. The fourth-order valence-electron chi connectivity index (χ4n) is 1.60. The number of nitrogens with one attached hydrogen (secondary N) is 1. The molecule has 0 aromatic heterocycles. The van der Waals surface area contributed by atoms with Crippen LogP contribution in [-0.2, 0) is 14.9 Å². The van der Waals surface area contributed by atoms with Crippen molar-refractivity contribution >= 4 is 37.6 Å². The molecule has 0 aliphatic rings. The van der Waals surface area contributed by atoms with Crippen molar-refractivity contribution in [2.75, 3.05) is 5.32 Å². The average molecular weight is 370 g/mol. The highest BCUT2D eigenvalue weighted by Gasteiger charge is 2.18. The van der Waals surface area contributed by atoms with Crippen LogP contribution in [-0.4, -0.2) is 14.3 Å². The van der Waals surface area contributed by atoms with Crippen LogP contribution < -0.4 is 9.50 Å². The molecule has 5 nitrogen and oxygen atoms in total. The fourth-order valence-corrected chi connectivity index (χ4v) is 2.81. The first-order chi connectivity index (χ1) is 9.88. The van der Waals surface area contributed by atoms with E-state index in [4.69, 9.17) is 4.18 Å². The molecule has 21 heavy (non-hydrogen) atoms. The molecular weight excluding hydrogens is 358 g/mol. The molecule has 2 aromatic rings. The van der Waals surface area contributed by atoms with Crippen molar-refractivity contribution in [3.63, 3.8) is 0 Å². The number of benzene rings is 2. The summed E-state index contributed by atoms with van der Waals surface area (Å²) in [6, 6.07) is 12.4. The van der Waals surface area contributed by atoms with E-state index in [2.05, 4.69) is 21.2 Å². The highest BCUT2D eigenvalue weighted by Crippen LogP contribution is 2.27. The normalized spacial score (nSPS) is 11.0. The third-order valence-electron chi connectivity index (χ3n) is 2.50. The standard InChI is InChI=1S/C14H12BrNO4S/c1-10(17)16-13-4-2-3-5-14(13)20-21(18,19)12-8-6-11(15)7-9-12/h2-9H,1H3,(H,16,17). The lowest BCUT2D eigenvalue weighted by molar-refractivity contribution is -0.114. The first-order valence-electron chi connectivity index (χ1n) is 5.95. The summed E-state index contributed by atoms with van der Waals surface area (Å²) in [6.45, 7) is 1.33. The summed E-state index contributed by atoms with van der Waals surface area (Å²) in [7, 11) is -3.96. The Bertz CT molecular complexity index is 757. The summed E-state index contributed by atoms with van der Waals surface area (Å²) in [4.78, 5) is 11.1. The monoisotopic (exact) mass is 369 g/mol. The summed E-state index contributed by atoms with van der Waals surface area (Å²) in [5, 5.41) is 2.52. The van der Waals surface area contributed by atoms with Crippen LogP contribution in [0.25, 0.3) is 0 Å². The molecule has 0 fully saturated rings. The molecule has 0 atom stereocenters. The lowest BCUT2D eigenvalue weighted by Crippen LogP contribution is -2.13. The van der Waals surface area contributed by atoms with Crippen molar-refractivity contribution in [2.45, 2.75) is 11.8 Å². The van der Waals surface area contributed by atoms with E-state index >= 15 is 0 Å². The Morgan fingerprint density at radius 2 is 1.71 bits per heavy atom. The Morgan fingerprint density at radius 1 is 1.10 bits per heavy atom. The molecule has 0 saturated carbocycles. The molecule has 1 N–H and O–H groups in total. The summed E-state index contributed by atoms with van der Waals surface area (Å²) in [6.07, 6.45) is 0.